The molecule has 0 spiro atoms. The van der Waals surface area contributed by atoms with Crippen molar-refractivity contribution in [3.63, 3.8) is 0 Å². The lowest BCUT2D eigenvalue weighted by Gasteiger charge is -2.32. The number of aromatic nitrogens is 1. The molecular weight excluding hydrogens is 363 g/mol. The van der Waals surface area contributed by atoms with Crippen LogP contribution in [0, 0.1) is 11.7 Å². The minimum absolute atomic E-state index is 0.00554. The molecule has 2 aromatic carbocycles. The molecule has 0 saturated carbocycles. The van der Waals surface area contributed by atoms with Crippen LogP contribution < -0.4 is 0 Å². The first-order valence-electron chi connectivity index (χ1n) is 9.29. The molecule has 5 heteroatoms. The number of carbonyl (C=O) groups excluding carboxylic acids is 1. The number of aryl methyl sites for hydroxylation is 1. The van der Waals surface area contributed by atoms with Gasteiger partial charge in [-0.2, -0.15) is 0 Å². The summed E-state index contributed by atoms with van der Waals surface area (Å²) in [5.41, 5.74) is 2.75. The number of piperidine rings is 1. The third-order valence-corrected chi connectivity index (χ3v) is 5.86. The summed E-state index contributed by atoms with van der Waals surface area (Å²) in [5.74, 6) is 0.323. The van der Waals surface area contributed by atoms with Gasteiger partial charge in [0.05, 0.1) is 10.6 Å². The molecule has 27 heavy (non-hydrogen) atoms. The van der Waals surface area contributed by atoms with Gasteiger partial charge in [0.25, 0.3) is 5.91 Å². The minimum Gasteiger partial charge on any atom is -0.351 e. The van der Waals surface area contributed by atoms with Crippen molar-refractivity contribution < 1.29 is 9.18 Å². The van der Waals surface area contributed by atoms with Crippen LogP contribution in [0.3, 0.4) is 0 Å². The van der Waals surface area contributed by atoms with E-state index in [-0.39, 0.29) is 11.7 Å². The van der Waals surface area contributed by atoms with Crippen LogP contribution in [-0.2, 0) is 13.5 Å². The summed E-state index contributed by atoms with van der Waals surface area (Å²) in [5, 5.41) is 1.53. The van der Waals surface area contributed by atoms with Crippen molar-refractivity contribution >= 4 is 28.4 Å². The van der Waals surface area contributed by atoms with E-state index in [2.05, 4.69) is 0 Å². The average molecular weight is 385 g/mol. The van der Waals surface area contributed by atoms with Crippen molar-refractivity contribution in [1.82, 2.24) is 9.47 Å². The van der Waals surface area contributed by atoms with Gasteiger partial charge in [0, 0.05) is 37.2 Å². The number of fused-ring (bicyclic) bond motifs is 1. The maximum Gasteiger partial charge on any atom is 0.255 e. The van der Waals surface area contributed by atoms with E-state index in [9.17, 15) is 9.18 Å². The van der Waals surface area contributed by atoms with Crippen LogP contribution >= 0.6 is 11.6 Å². The highest BCUT2D eigenvalue weighted by Crippen LogP contribution is 2.28. The van der Waals surface area contributed by atoms with E-state index < -0.39 is 0 Å². The van der Waals surface area contributed by atoms with E-state index in [1.54, 1.807) is 0 Å². The van der Waals surface area contributed by atoms with Crippen LogP contribution in [0.1, 0.15) is 28.8 Å². The van der Waals surface area contributed by atoms with Gasteiger partial charge in [-0.15, -0.1) is 0 Å². The van der Waals surface area contributed by atoms with Crippen LogP contribution in [-0.4, -0.2) is 28.5 Å². The Hall–Kier alpha value is -2.33. The molecule has 0 radical (unpaired) electrons. The molecule has 3 nitrogen and oxygen atoms in total. The van der Waals surface area contributed by atoms with Crippen molar-refractivity contribution in [2.24, 2.45) is 13.0 Å². The molecule has 0 N–H and O–H groups in total. The first-order chi connectivity index (χ1) is 13.0. The average Bonchev–Trinajstić information content (AvgIpc) is 3.03. The summed E-state index contributed by atoms with van der Waals surface area (Å²) in [7, 11) is 1.96. The summed E-state index contributed by atoms with van der Waals surface area (Å²) in [4.78, 5) is 14.9. The molecule has 1 amide bonds. The quantitative estimate of drug-likeness (QED) is 0.619. The van der Waals surface area contributed by atoms with Crippen molar-refractivity contribution in [2.75, 3.05) is 13.1 Å². The van der Waals surface area contributed by atoms with Gasteiger partial charge >= 0.3 is 0 Å². The number of carbonyl (C=O) groups is 1. The van der Waals surface area contributed by atoms with Gasteiger partial charge in [-0.1, -0.05) is 23.7 Å². The second-order valence-electron chi connectivity index (χ2n) is 7.38. The highest BCUT2D eigenvalue weighted by atomic mass is 35.5. The maximum atomic E-state index is 13.0. The number of hydrogen-bond donors (Lipinski definition) is 0. The predicted octanol–water partition coefficient (Wildman–Crippen LogP) is 5.07. The first kappa shape index (κ1) is 18.1. The number of amides is 1. The smallest absolute Gasteiger partial charge is 0.255 e. The topological polar surface area (TPSA) is 25.2 Å². The standard InChI is InChI=1S/C22H22ClFN2O/c1-25-9-8-17-13-19(20(23)14-21(17)25)22(27)26-10-6-16(7-11-26)12-15-2-4-18(24)5-3-15/h2-5,8-9,13-14,16H,6-7,10-12H2,1H3. The van der Waals surface area contributed by atoms with Crippen LogP contribution in [0.25, 0.3) is 10.9 Å². The highest BCUT2D eigenvalue weighted by Gasteiger charge is 2.25. The highest BCUT2D eigenvalue weighted by molar-refractivity contribution is 6.34. The number of nitrogens with zero attached hydrogens (tertiary/aromatic N) is 2. The van der Waals surface area contributed by atoms with Gasteiger partial charge < -0.3 is 9.47 Å². The zero-order chi connectivity index (χ0) is 19.0. The van der Waals surface area contributed by atoms with Gasteiger partial charge in [0.1, 0.15) is 5.82 Å². The molecule has 1 aliphatic heterocycles. The summed E-state index contributed by atoms with van der Waals surface area (Å²) in [6.45, 7) is 1.46. The zero-order valence-corrected chi connectivity index (χ0v) is 16.0. The number of benzene rings is 2. The largest absolute Gasteiger partial charge is 0.351 e. The Kier molecular flexibility index (Phi) is 4.92. The van der Waals surface area contributed by atoms with Crippen molar-refractivity contribution in [3.8, 4) is 0 Å². The van der Waals surface area contributed by atoms with E-state index in [1.807, 2.05) is 53.0 Å². The van der Waals surface area contributed by atoms with E-state index in [0.29, 0.717) is 16.5 Å². The maximum absolute atomic E-state index is 13.0. The van der Waals surface area contributed by atoms with Gasteiger partial charge in [-0.05, 0) is 61.1 Å². The fourth-order valence-electron chi connectivity index (χ4n) is 3.92. The molecule has 0 aliphatic carbocycles. The Balaban J connectivity index is 1.42. The summed E-state index contributed by atoms with van der Waals surface area (Å²) < 4.78 is 15.0. The van der Waals surface area contributed by atoms with E-state index in [1.165, 1.54) is 12.1 Å². The van der Waals surface area contributed by atoms with Crippen LogP contribution in [0.15, 0.2) is 48.7 Å². The summed E-state index contributed by atoms with van der Waals surface area (Å²) in [6, 6.07) is 12.5. The minimum atomic E-state index is -0.202. The molecule has 1 saturated heterocycles. The molecule has 0 unspecified atom stereocenters. The second-order valence-corrected chi connectivity index (χ2v) is 7.79. The number of halogens is 2. The number of rotatable bonds is 3. The summed E-state index contributed by atoms with van der Waals surface area (Å²) in [6.07, 6.45) is 4.80. The molecule has 3 aromatic rings. The fraction of sp³-hybridized carbons (Fsp3) is 0.318. The van der Waals surface area contributed by atoms with Gasteiger partial charge in [0.15, 0.2) is 0 Å². The third kappa shape index (κ3) is 3.72. The molecule has 0 bridgehead atoms. The molecule has 1 aliphatic rings. The number of likely N-dealkylation sites (tertiary alicyclic amines) is 1. The first-order valence-corrected chi connectivity index (χ1v) is 9.67. The van der Waals surface area contributed by atoms with Crippen LogP contribution in [0.5, 0.6) is 0 Å². The molecule has 1 fully saturated rings. The van der Waals surface area contributed by atoms with Crippen molar-refractivity contribution in [2.45, 2.75) is 19.3 Å². The Bertz CT molecular complexity index is 972. The zero-order valence-electron chi connectivity index (χ0n) is 15.3. The van der Waals surface area contributed by atoms with Crippen LogP contribution in [0.2, 0.25) is 5.02 Å². The molecule has 0 atom stereocenters. The molecule has 4 rings (SSSR count). The fourth-order valence-corrected chi connectivity index (χ4v) is 4.16. The Morgan fingerprint density at radius 2 is 1.85 bits per heavy atom. The Morgan fingerprint density at radius 3 is 2.56 bits per heavy atom. The number of hydrogen-bond acceptors (Lipinski definition) is 1. The molecule has 1 aromatic heterocycles. The lowest BCUT2D eigenvalue weighted by molar-refractivity contribution is 0.0691. The lowest BCUT2D eigenvalue weighted by atomic mass is 9.90. The molecule has 140 valence electrons. The second kappa shape index (κ2) is 7.35. The SMILES string of the molecule is Cn1ccc2cc(C(=O)N3CCC(Cc4ccc(F)cc4)CC3)c(Cl)cc21. The van der Waals surface area contributed by atoms with E-state index in [0.717, 1.165) is 48.8 Å². The monoisotopic (exact) mass is 384 g/mol. The molecular formula is C22H22ClFN2O. The third-order valence-electron chi connectivity index (χ3n) is 5.54. The molecule has 2 heterocycles. The lowest BCUT2D eigenvalue weighted by Crippen LogP contribution is -2.39. The predicted molar refractivity (Wildman–Crippen MR) is 107 cm³/mol. The van der Waals surface area contributed by atoms with Crippen molar-refractivity contribution in [3.05, 3.63) is 70.6 Å². The van der Waals surface area contributed by atoms with E-state index in [4.69, 9.17) is 11.6 Å². The normalized spacial score (nSPS) is 15.4. The van der Waals surface area contributed by atoms with E-state index >= 15 is 0 Å². The van der Waals surface area contributed by atoms with Crippen molar-refractivity contribution in [1.29, 1.82) is 0 Å². The van der Waals surface area contributed by atoms with Gasteiger partial charge in [0.2, 0.25) is 0 Å². The van der Waals surface area contributed by atoms with Gasteiger partial charge in [-0.3, -0.25) is 4.79 Å². The van der Waals surface area contributed by atoms with Gasteiger partial charge in [-0.25, -0.2) is 4.39 Å². The Labute approximate surface area is 163 Å². The Morgan fingerprint density at radius 1 is 1.15 bits per heavy atom. The van der Waals surface area contributed by atoms with Crippen LogP contribution in [0.4, 0.5) is 4.39 Å². The summed E-state index contributed by atoms with van der Waals surface area (Å²) >= 11 is 6.40.